The third-order valence-electron chi connectivity index (χ3n) is 3.07. The Morgan fingerprint density at radius 2 is 1.94 bits per heavy atom. The minimum atomic E-state index is -0.948. The molecule has 0 spiro atoms. The number of carboxylic acids is 1. The summed E-state index contributed by atoms with van der Waals surface area (Å²) in [5.41, 5.74) is 0. The lowest BCUT2D eigenvalue weighted by Gasteiger charge is -2.27. The van der Waals surface area contributed by atoms with Crippen LogP contribution in [0.5, 0.6) is 0 Å². The van der Waals surface area contributed by atoms with Gasteiger partial charge >= 0.3 is 5.97 Å². The normalized spacial score (nSPS) is 16.8. The number of carbonyl (C=O) groups excluding carboxylic acids is 1. The van der Waals surface area contributed by atoms with E-state index in [1.54, 1.807) is 0 Å². The fourth-order valence-electron chi connectivity index (χ4n) is 2.19. The number of carboxylic acid groups (broad SMARTS) is 1. The number of nitrogens with zero attached hydrogens (tertiary/aromatic N) is 1. The molecule has 1 aliphatic heterocycles. The Labute approximate surface area is 108 Å². The van der Waals surface area contributed by atoms with Crippen LogP contribution in [-0.2, 0) is 14.3 Å². The number of hydrogen-bond acceptors (Lipinski definition) is 3. The maximum atomic E-state index is 12.1. The molecule has 0 aromatic rings. The molecule has 0 aromatic carbocycles. The fourth-order valence-corrected chi connectivity index (χ4v) is 2.19. The van der Waals surface area contributed by atoms with Crippen molar-refractivity contribution in [3.8, 4) is 0 Å². The molecule has 0 unspecified atom stereocenters. The molecule has 1 fully saturated rings. The van der Waals surface area contributed by atoms with Gasteiger partial charge in [0.05, 0.1) is 0 Å². The second-order valence-electron chi connectivity index (χ2n) is 5.32. The largest absolute Gasteiger partial charge is 0.480 e. The second kappa shape index (κ2) is 7.36. The van der Waals surface area contributed by atoms with Gasteiger partial charge in [-0.2, -0.15) is 0 Å². The van der Waals surface area contributed by atoms with E-state index in [4.69, 9.17) is 9.84 Å². The summed E-state index contributed by atoms with van der Waals surface area (Å²) in [4.78, 5) is 24.3. The Balaban J connectivity index is 2.48. The van der Waals surface area contributed by atoms with E-state index in [-0.39, 0.29) is 18.4 Å². The van der Waals surface area contributed by atoms with Gasteiger partial charge in [-0.15, -0.1) is 0 Å². The van der Waals surface area contributed by atoms with Gasteiger partial charge in [0.2, 0.25) is 5.91 Å². The molecule has 0 aromatic heterocycles. The Hall–Kier alpha value is -1.10. The van der Waals surface area contributed by atoms with Gasteiger partial charge in [0, 0.05) is 26.2 Å². The molecule has 1 aliphatic rings. The summed E-state index contributed by atoms with van der Waals surface area (Å²) < 4.78 is 5.25. The van der Waals surface area contributed by atoms with Crippen LogP contribution in [0.15, 0.2) is 0 Å². The zero-order valence-corrected chi connectivity index (χ0v) is 11.2. The van der Waals surface area contributed by atoms with Crippen molar-refractivity contribution in [3.05, 3.63) is 0 Å². The summed E-state index contributed by atoms with van der Waals surface area (Å²) in [5, 5.41) is 8.84. The van der Waals surface area contributed by atoms with Gasteiger partial charge in [-0.3, -0.25) is 9.59 Å². The number of carbonyl (C=O) groups is 2. The van der Waals surface area contributed by atoms with Crippen LogP contribution in [0.2, 0.25) is 0 Å². The quantitative estimate of drug-likeness (QED) is 0.780. The molecule has 5 nitrogen and oxygen atoms in total. The molecule has 1 heterocycles. The van der Waals surface area contributed by atoms with Gasteiger partial charge in [0.1, 0.15) is 6.54 Å². The van der Waals surface area contributed by atoms with E-state index in [1.165, 1.54) is 4.90 Å². The van der Waals surface area contributed by atoms with Gasteiger partial charge in [0.15, 0.2) is 0 Å². The molecule has 0 aliphatic carbocycles. The zero-order chi connectivity index (χ0) is 13.5. The number of aliphatic carboxylic acids is 1. The molecular formula is C13H23NO4. The topological polar surface area (TPSA) is 66.8 Å². The van der Waals surface area contributed by atoms with Gasteiger partial charge in [-0.05, 0) is 24.7 Å². The van der Waals surface area contributed by atoms with Crippen molar-refractivity contribution in [1.29, 1.82) is 0 Å². The standard InChI is InChI=1S/C13H23NO4/c1-10(2)8-14(9-13(16)17)12(15)7-11-3-5-18-6-4-11/h10-11H,3-9H2,1-2H3,(H,16,17). The average molecular weight is 257 g/mol. The first kappa shape index (κ1) is 15.0. The average Bonchev–Trinajstić information content (AvgIpc) is 2.28. The maximum Gasteiger partial charge on any atom is 0.323 e. The smallest absolute Gasteiger partial charge is 0.323 e. The van der Waals surface area contributed by atoms with Crippen LogP contribution in [0.3, 0.4) is 0 Å². The van der Waals surface area contributed by atoms with Crippen LogP contribution in [0.25, 0.3) is 0 Å². The summed E-state index contributed by atoms with van der Waals surface area (Å²) in [6.45, 7) is 5.70. The van der Waals surface area contributed by atoms with E-state index >= 15 is 0 Å². The van der Waals surface area contributed by atoms with Crippen LogP contribution in [0, 0.1) is 11.8 Å². The van der Waals surface area contributed by atoms with Crippen LogP contribution >= 0.6 is 0 Å². The highest BCUT2D eigenvalue weighted by molar-refractivity contribution is 5.81. The Morgan fingerprint density at radius 1 is 1.33 bits per heavy atom. The maximum absolute atomic E-state index is 12.1. The van der Waals surface area contributed by atoms with E-state index < -0.39 is 5.97 Å². The minimum absolute atomic E-state index is 0.0435. The van der Waals surface area contributed by atoms with Crippen molar-refractivity contribution in [2.75, 3.05) is 26.3 Å². The molecule has 18 heavy (non-hydrogen) atoms. The lowest BCUT2D eigenvalue weighted by atomic mass is 9.96. The first-order valence-corrected chi connectivity index (χ1v) is 6.56. The molecule has 0 radical (unpaired) electrons. The molecule has 1 amide bonds. The van der Waals surface area contributed by atoms with E-state index in [0.29, 0.717) is 32.1 Å². The van der Waals surface area contributed by atoms with Gasteiger partial charge in [0.25, 0.3) is 0 Å². The van der Waals surface area contributed by atoms with Crippen molar-refractivity contribution in [2.45, 2.75) is 33.1 Å². The van der Waals surface area contributed by atoms with E-state index in [2.05, 4.69) is 0 Å². The lowest BCUT2D eigenvalue weighted by Crippen LogP contribution is -2.39. The van der Waals surface area contributed by atoms with Crippen LogP contribution in [0.4, 0.5) is 0 Å². The van der Waals surface area contributed by atoms with Crippen LogP contribution < -0.4 is 0 Å². The molecule has 0 saturated carbocycles. The van der Waals surface area contributed by atoms with Crippen molar-refractivity contribution < 1.29 is 19.4 Å². The molecular weight excluding hydrogens is 234 g/mol. The number of rotatable bonds is 6. The molecule has 1 saturated heterocycles. The Morgan fingerprint density at radius 3 is 2.44 bits per heavy atom. The highest BCUT2D eigenvalue weighted by atomic mass is 16.5. The fraction of sp³-hybridized carbons (Fsp3) is 0.846. The highest BCUT2D eigenvalue weighted by Gasteiger charge is 2.23. The van der Waals surface area contributed by atoms with E-state index in [1.807, 2.05) is 13.8 Å². The first-order chi connectivity index (χ1) is 8.49. The Kier molecular flexibility index (Phi) is 6.12. The highest BCUT2D eigenvalue weighted by Crippen LogP contribution is 2.19. The van der Waals surface area contributed by atoms with Gasteiger partial charge in [-0.1, -0.05) is 13.8 Å². The molecule has 5 heteroatoms. The van der Waals surface area contributed by atoms with Crippen molar-refractivity contribution in [2.24, 2.45) is 11.8 Å². The Bertz CT molecular complexity index is 285. The summed E-state index contributed by atoms with van der Waals surface area (Å²) >= 11 is 0. The SMILES string of the molecule is CC(C)CN(CC(=O)O)C(=O)CC1CCOCC1. The summed E-state index contributed by atoms with van der Waals surface area (Å²) in [6.07, 6.45) is 2.24. The van der Waals surface area contributed by atoms with Crippen LogP contribution in [0.1, 0.15) is 33.1 Å². The molecule has 104 valence electrons. The molecule has 0 atom stereocenters. The molecule has 1 N–H and O–H groups in total. The zero-order valence-electron chi connectivity index (χ0n) is 11.2. The lowest BCUT2D eigenvalue weighted by molar-refractivity contribution is -0.145. The monoisotopic (exact) mass is 257 g/mol. The van der Waals surface area contributed by atoms with Gasteiger partial charge in [-0.25, -0.2) is 0 Å². The first-order valence-electron chi connectivity index (χ1n) is 6.56. The van der Waals surface area contributed by atoms with Crippen molar-refractivity contribution in [3.63, 3.8) is 0 Å². The van der Waals surface area contributed by atoms with Gasteiger partial charge < -0.3 is 14.7 Å². The number of hydrogen-bond donors (Lipinski definition) is 1. The third kappa shape index (κ3) is 5.49. The summed E-state index contributed by atoms with van der Waals surface area (Å²) in [7, 11) is 0. The second-order valence-corrected chi connectivity index (χ2v) is 5.32. The molecule has 0 bridgehead atoms. The number of amides is 1. The predicted octanol–water partition coefficient (Wildman–Crippen LogP) is 1.37. The van der Waals surface area contributed by atoms with E-state index in [9.17, 15) is 9.59 Å². The molecule has 1 rings (SSSR count). The summed E-state index contributed by atoms with van der Waals surface area (Å²) in [5.74, 6) is -0.369. The van der Waals surface area contributed by atoms with Crippen molar-refractivity contribution >= 4 is 11.9 Å². The predicted molar refractivity (Wildman–Crippen MR) is 67.2 cm³/mol. The van der Waals surface area contributed by atoms with Crippen LogP contribution in [-0.4, -0.2) is 48.2 Å². The van der Waals surface area contributed by atoms with Crippen molar-refractivity contribution in [1.82, 2.24) is 4.90 Å². The number of ether oxygens (including phenoxy) is 1. The van der Waals surface area contributed by atoms with E-state index in [0.717, 1.165) is 12.8 Å². The minimum Gasteiger partial charge on any atom is -0.480 e. The third-order valence-corrected chi connectivity index (χ3v) is 3.07. The summed E-state index contributed by atoms with van der Waals surface area (Å²) in [6, 6.07) is 0.